The van der Waals surface area contributed by atoms with Crippen molar-refractivity contribution in [2.45, 2.75) is 39.2 Å². The number of amides is 2. The number of aromatic nitrogens is 2. The summed E-state index contributed by atoms with van der Waals surface area (Å²) in [7, 11) is 0. The number of rotatable bonds is 6. The summed E-state index contributed by atoms with van der Waals surface area (Å²) in [6, 6.07) is 1.77. The topological polar surface area (TPSA) is 84.3 Å². The van der Waals surface area contributed by atoms with Crippen molar-refractivity contribution in [2.75, 3.05) is 19.6 Å². The van der Waals surface area contributed by atoms with E-state index >= 15 is 0 Å². The molecule has 0 unspecified atom stereocenters. The molecular formula is C18H24N4O3S. The average molecular weight is 376 g/mol. The Labute approximate surface area is 156 Å². The molecule has 3 heterocycles. The summed E-state index contributed by atoms with van der Waals surface area (Å²) in [5.41, 5.74) is -0.102. The number of nitrogens with one attached hydrogen (secondary N) is 1. The first kappa shape index (κ1) is 18.6. The Morgan fingerprint density at radius 3 is 2.85 bits per heavy atom. The van der Waals surface area contributed by atoms with Crippen molar-refractivity contribution in [3.05, 3.63) is 28.1 Å². The number of fused-ring (bicyclic) bond motifs is 1. The molecule has 2 amide bonds. The van der Waals surface area contributed by atoms with E-state index in [-0.39, 0.29) is 29.7 Å². The van der Waals surface area contributed by atoms with E-state index in [1.165, 1.54) is 22.2 Å². The van der Waals surface area contributed by atoms with Crippen molar-refractivity contribution in [3.8, 4) is 0 Å². The van der Waals surface area contributed by atoms with E-state index in [4.69, 9.17) is 0 Å². The molecule has 0 aromatic carbocycles. The van der Waals surface area contributed by atoms with E-state index in [0.29, 0.717) is 44.4 Å². The lowest BCUT2D eigenvalue weighted by Crippen LogP contribution is -2.43. The van der Waals surface area contributed by atoms with Gasteiger partial charge in [0.1, 0.15) is 4.83 Å². The van der Waals surface area contributed by atoms with Gasteiger partial charge in [0.25, 0.3) is 5.56 Å². The number of piperidine rings is 1. The fraction of sp³-hybridized carbons (Fsp3) is 0.556. The molecule has 1 saturated heterocycles. The van der Waals surface area contributed by atoms with E-state index in [1.807, 2.05) is 12.3 Å². The summed E-state index contributed by atoms with van der Waals surface area (Å²) < 4.78 is 1.50. The fourth-order valence-electron chi connectivity index (χ4n) is 3.21. The second-order valence-electron chi connectivity index (χ2n) is 6.58. The van der Waals surface area contributed by atoms with Crippen LogP contribution in [0.25, 0.3) is 10.2 Å². The number of likely N-dealkylation sites (tertiary alicyclic amines) is 1. The van der Waals surface area contributed by atoms with Crippen LogP contribution in [-0.2, 0) is 16.1 Å². The minimum absolute atomic E-state index is 0.00147. The molecule has 0 spiro atoms. The molecule has 1 N–H and O–H groups in total. The third-order valence-corrected chi connectivity index (χ3v) is 5.61. The third kappa shape index (κ3) is 4.12. The van der Waals surface area contributed by atoms with Crippen LogP contribution in [0.15, 0.2) is 22.6 Å². The van der Waals surface area contributed by atoms with E-state index in [2.05, 4.69) is 10.3 Å². The Bertz CT molecular complexity index is 836. The zero-order valence-electron chi connectivity index (χ0n) is 14.9. The van der Waals surface area contributed by atoms with Crippen LogP contribution in [0.3, 0.4) is 0 Å². The highest BCUT2D eigenvalue weighted by Crippen LogP contribution is 2.18. The molecule has 1 aliphatic rings. The molecule has 0 radical (unpaired) electrons. The van der Waals surface area contributed by atoms with Crippen LogP contribution in [0.4, 0.5) is 0 Å². The predicted octanol–water partition coefficient (Wildman–Crippen LogP) is 1.61. The second kappa shape index (κ2) is 8.44. The Hall–Kier alpha value is -2.22. The van der Waals surface area contributed by atoms with Gasteiger partial charge < -0.3 is 10.2 Å². The summed E-state index contributed by atoms with van der Waals surface area (Å²) in [5, 5.41) is 5.37. The molecule has 0 aliphatic carbocycles. The monoisotopic (exact) mass is 376 g/mol. The summed E-state index contributed by atoms with van der Waals surface area (Å²) in [6.45, 7) is 4.25. The highest BCUT2D eigenvalue weighted by atomic mass is 32.1. The van der Waals surface area contributed by atoms with Gasteiger partial charge in [0.15, 0.2) is 0 Å². The summed E-state index contributed by atoms with van der Waals surface area (Å²) in [4.78, 5) is 43.6. The Balaban J connectivity index is 1.50. The Kier molecular flexibility index (Phi) is 6.03. The SMILES string of the molecule is CCCNC(=O)C1CCN(C(=O)CCn2cnc3sccc3c2=O)CC1. The van der Waals surface area contributed by atoms with Crippen molar-refractivity contribution in [2.24, 2.45) is 5.92 Å². The second-order valence-corrected chi connectivity index (χ2v) is 7.47. The maximum absolute atomic E-state index is 12.4. The maximum atomic E-state index is 12.4. The zero-order chi connectivity index (χ0) is 18.5. The maximum Gasteiger partial charge on any atom is 0.262 e. The lowest BCUT2D eigenvalue weighted by Gasteiger charge is -2.31. The molecule has 140 valence electrons. The van der Waals surface area contributed by atoms with Gasteiger partial charge in [-0.05, 0) is 30.7 Å². The van der Waals surface area contributed by atoms with Gasteiger partial charge in [-0.3, -0.25) is 19.0 Å². The van der Waals surface area contributed by atoms with Crippen LogP contribution < -0.4 is 10.9 Å². The van der Waals surface area contributed by atoms with Crippen molar-refractivity contribution in [1.29, 1.82) is 0 Å². The molecule has 7 nitrogen and oxygen atoms in total. The number of aryl methyl sites for hydroxylation is 1. The van der Waals surface area contributed by atoms with E-state index < -0.39 is 0 Å². The van der Waals surface area contributed by atoms with E-state index in [0.717, 1.165) is 11.3 Å². The predicted molar refractivity (Wildman–Crippen MR) is 101 cm³/mol. The first-order valence-corrected chi connectivity index (χ1v) is 9.96. The minimum Gasteiger partial charge on any atom is -0.356 e. The van der Waals surface area contributed by atoms with Gasteiger partial charge in [-0.15, -0.1) is 11.3 Å². The zero-order valence-corrected chi connectivity index (χ0v) is 15.8. The quantitative estimate of drug-likeness (QED) is 0.830. The number of carbonyl (C=O) groups excluding carboxylic acids is 2. The van der Waals surface area contributed by atoms with Gasteiger partial charge in [-0.2, -0.15) is 0 Å². The molecule has 2 aromatic heterocycles. The van der Waals surface area contributed by atoms with Gasteiger partial charge in [-0.25, -0.2) is 4.98 Å². The molecule has 0 bridgehead atoms. The summed E-state index contributed by atoms with van der Waals surface area (Å²) in [5.74, 6) is 0.119. The van der Waals surface area contributed by atoms with Gasteiger partial charge >= 0.3 is 0 Å². The Morgan fingerprint density at radius 2 is 2.12 bits per heavy atom. The van der Waals surface area contributed by atoms with Gasteiger partial charge in [0, 0.05) is 38.5 Å². The number of carbonyl (C=O) groups is 2. The molecule has 8 heteroatoms. The standard InChI is InChI=1S/C18H24N4O3S/c1-2-7-19-16(24)13-3-8-21(9-4-13)15(23)5-10-22-12-20-17-14(18(22)25)6-11-26-17/h6,11-13H,2-5,7-10H2,1H3,(H,19,24). The highest BCUT2D eigenvalue weighted by Gasteiger charge is 2.26. The van der Waals surface area contributed by atoms with E-state index in [9.17, 15) is 14.4 Å². The van der Waals surface area contributed by atoms with Crippen molar-refractivity contribution in [3.63, 3.8) is 0 Å². The molecule has 3 rings (SSSR count). The fourth-order valence-corrected chi connectivity index (χ4v) is 3.93. The van der Waals surface area contributed by atoms with Crippen molar-refractivity contribution in [1.82, 2.24) is 19.8 Å². The van der Waals surface area contributed by atoms with Crippen molar-refractivity contribution >= 4 is 33.4 Å². The lowest BCUT2D eigenvalue weighted by molar-refractivity contribution is -0.135. The molecular weight excluding hydrogens is 352 g/mol. The normalized spacial score (nSPS) is 15.3. The minimum atomic E-state index is -0.102. The van der Waals surface area contributed by atoms with Crippen LogP contribution in [0.1, 0.15) is 32.6 Å². The van der Waals surface area contributed by atoms with Crippen molar-refractivity contribution < 1.29 is 9.59 Å². The van der Waals surface area contributed by atoms with Crippen LogP contribution in [-0.4, -0.2) is 45.9 Å². The first-order chi connectivity index (χ1) is 12.6. The number of hydrogen-bond donors (Lipinski definition) is 1. The lowest BCUT2D eigenvalue weighted by atomic mass is 9.95. The largest absolute Gasteiger partial charge is 0.356 e. The molecule has 0 atom stereocenters. The summed E-state index contributed by atoms with van der Waals surface area (Å²) >= 11 is 1.43. The third-order valence-electron chi connectivity index (χ3n) is 4.78. The smallest absolute Gasteiger partial charge is 0.262 e. The van der Waals surface area contributed by atoms with Crippen LogP contribution in [0.2, 0.25) is 0 Å². The molecule has 0 saturated carbocycles. The van der Waals surface area contributed by atoms with Gasteiger partial charge in [0.05, 0.1) is 11.7 Å². The number of hydrogen-bond acceptors (Lipinski definition) is 5. The Morgan fingerprint density at radius 1 is 1.35 bits per heavy atom. The molecule has 1 aliphatic heterocycles. The molecule has 26 heavy (non-hydrogen) atoms. The summed E-state index contributed by atoms with van der Waals surface area (Å²) in [6.07, 6.45) is 4.10. The van der Waals surface area contributed by atoms with Crippen LogP contribution >= 0.6 is 11.3 Å². The molecule has 2 aromatic rings. The molecule has 1 fully saturated rings. The van der Waals surface area contributed by atoms with Crippen LogP contribution in [0, 0.1) is 5.92 Å². The number of thiophene rings is 1. The average Bonchev–Trinajstić information content (AvgIpc) is 3.15. The first-order valence-electron chi connectivity index (χ1n) is 9.08. The van der Waals surface area contributed by atoms with Gasteiger partial charge in [-0.1, -0.05) is 6.92 Å². The van der Waals surface area contributed by atoms with Crippen LogP contribution in [0.5, 0.6) is 0 Å². The highest BCUT2D eigenvalue weighted by molar-refractivity contribution is 7.16. The number of nitrogens with zero attached hydrogens (tertiary/aromatic N) is 3. The van der Waals surface area contributed by atoms with E-state index in [1.54, 1.807) is 11.0 Å². The van der Waals surface area contributed by atoms with Gasteiger partial charge in [0.2, 0.25) is 11.8 Å².